The van der Waals surface area contributed by atoms with Crippen LogP contribution in [0.4, 0.5) is 26.3 Å². The molecule has 158 valence electrons. The predicted molar refractivity (Wildman–Crippen MR) is 94.2 cm³/mol. The summed E-state index contributed by atoms with van der Waals surface area (Å²) < 4.78 is 99.8. The molecule has 1 heterocycles. The second kappa shape index (κ2) is 7.17. The van der Waals surface area contributed by atoms with Crippen LogP contribution in [0.25, 0.3) is 10.1 Å². The molecule has 3 nitrogen and oxygen atoms in total. The average molecular weight is 448 g/mol. The minimum atomic E-state index is -6.09. The first kappa shape index (κ1) is 23.0. The van der Waals surface area contributed by atoms with Crippen LogP contribution in [0.5, 0.6) is 0 Å². The minimum absolute atomic E-state index is 0.127. The van der Waals surface area contributed by atoms with Crippen LogP contribution in [0, 0.1) is 0 Å². The first-order valence-electron chi connectivity index (χ1n) is 8.12. The van der Waals surface area contributed by atoms with Crippen LogP contribution in [0.2, 0.25) is 0 Å². The quantitative estimate of drug-likeness (QED) is 0.223. The van der Waals surface area contributed by atoms with Crippen molar-refractivity contribution >= 4 is 30.7 Å². The van der Waals surface area contributed by atoms with Crippen molar-refractivity contribution in [3.63, 3.8) is 0 Å². The molecule has 0 N–H and O–H groups in total. The Hall–Kier alpha value is -1.33. The van der Waals surface area contributed by atoms with Gasteiger partial charge in [0.2, 0.25) is 0 Å². The summed E-state index contributed by atoms with van der Waals surface area (Å²) in [5, 5.41) is 0.764. The van der Waals surface area contributed by atoms with E-state index in [9.17, 15) is 26.3 Å². The molecule has 0 radical (unpaired) electrons. The summed E-state index contributed by atoms with van der Waals surface area (Å²) >= 11 is 0. The van der Waals surface area contributed by atoms with E-state index in [1.54, 1.807) is 12.1 Å². The molecule has 0 bridgehead atoms. The lowest BCUT2D eigenvalue weighted by atomic mass is 9.87. The number of fused-ring (bicyclic) bond motifs is 1. The number of hydrogen-bond acceptors (Lipinski definition) is 3. The van der Waals surface area contributed by atoms with Gasteiger partial charge in [-0.25, -0.2) is 8.42 Å². The minimum Gasteiger partial charge on any atom is -0.741 e. The molecule has 1 fully saturated rings. The average Bonchev–Trinajstić information content (AvgIpc) is 3.22. The Morgan fingerprint density at radius 3 is 1.86 bits per heavy atom. The summed E-state index contributed by atoms with van der Waals surface area (Å²) in [5.41, 5.74) is -8.95. The first-order chi connectivity index (χ1) is 12.4. The van der Waals surface area contributed by atoms with Crippen molar-refractivity contribution in [1.29, 1.82) is 0 Å². The van der Waals surface area contributed by atoms with Gasteiger partial charge < -0.3 is 4.55 Å². The zero-order valence-electron chi connectivity index (χ0n) is 15.1. The monoisotopic (exact) mass is 448 g/mol. The van der Waals surface area contributed by atoms with Gasteiger partial charge in [0.05, 0.1) is 10.5 Å². The maximum atomic E-state index is 13.5. The van der Waals surface area contributed by atoms with Crippen molar-refractivity contribution in [3.8, 4) is 0 Å². The normalized spacial score (nSPS) is 16.7. The lowest BCUT2D eigenvalue weighted by molar-refractivity contribution is -0.0867. The van der Waals surface area contributed by atoms with E-state index in [4.69, 9.17) is 13.0 Å². The molecule has 0 spiro atoms. The molecule has 1 aromatic carbocycles. The molecule has 0 aliphatic heterocycles. The number of halogens is 6. The molecule has 1 atom stereocenters. The van der Waals surface area contributed by atoms with E-state index in [0.29, 0.717) is 9.58 Å². The van der Waals surface area contributed by atoms with Crippen LogP contribution in [0.3, 0.4) is 0 Å². The Morgan fingerprint density at radius 1 is 1.00 bits per heavy atom. The topological polar surface area (TPSA) is 57.2 Å². The van der Waals surface area contributed by atoms with Crippen molar-refractivity contribution in [2.24, 2.45) is 0 Å². The maximum absolute atomic E-state index is 13.5. The molecule has 28 heavy (non-hydrogen) atoms. The number of benzene rings is 1. The van der Waals surface area contributed by atoms with Gasteiger partial charge in [0.25, 0.3) is 0 Å². The van der Waals surface area contributed by atoms with Crippen LogP contribution < -0.4 is 0 Å². The highest BCUT2D eigenvalue weighted by Gasteiger charge is 2.51. The van der Waals surface area contributed by atoms with Gasteiger partial charge in [0.15, 0.2) is 19.7 Å². The summed E-state index contributed by atoms with van der Waals surface area (Å²) in [7, 11) is -7.80. The Labute approximate surface area is 161 Å². The van der Waals surface area contributed by atoms with E-state index >= 15 is 0 Å². The van der Waals surface area contributed by atoms with Gasteiger partial charge in [-0.2, -0.15) is 13.2 Å². The highest BCUT2D eigenvalue weighted by atomic mass is 32.2. The molecular formula is C17H18F6O3S2. The molecule has 1 saturated carbocycles. The van der Waals surface area contributed by atoms with Gasteiger partial charge in [0, 0.05) is 23.4 Å². The molecule has 1 aliphatic carbocycles. The molecule has 1 aromatic heterocycles. The van der Waals surface area contributed by atoms with Gasteiger partial charge in [-0.3, -0.25) is 0 Å². The molecule has 1 aliphatic rings. The van der Waals surface area contributed by atoms with Crippen molar-refractivity contribution in [2.45, 2.75) is 56.0 Å². The van der Waals surface area contributed by atoms with Crippen molar-refractivity contribution in [2.75, 3.05) is 0 Å². The third kappa shape index (κ3) is 5.18. The Kier molecular flexibility index (Phi) is 5.88. The molecular weight excluding hydrogens is 430 g/mol. The molecule has 0 saturated heterocycles. The summed E-state index contributed by atoms with van der Waals surface area (Å²) in [6.45, 7) is 6.10. The lowest BCUT2D eigenvalue weighted by Gasteiger charge is -2.18. The van der Waals surface area contributed by atoms with Crippen molar-refractivity contribution in [3.05, 3.63) is 34.7 Å². The zero-order chi connectivity index (χ0) is 21.7. The highest BCUT2D eigenvalue weighted by molar-refractivity contribution is 7.86. The van der Waals surface area contributed by atoms with Crippen molar-refractivity contribution in [1.82, 2.24) is 0 Å². The summed E-state index contributed by atoms with van der Waals surface area (Å²) in [6.07, 6.45) is 1.82. The van der Waals surface area contributed by atoms with Gasteiger partial charge in [-0.05, 0) is 29.9 Å². The van der Waals surface area contributed by atoms with Gasteiger partial charge in [-0.1, -0.05) is 26.8 Å². The largest absolute Gasteiger partial charge is 0.741 e. The lowest BCUT2D eigenvalue weighted by Crippen LogP contribution is -2.21. The Morgan fingerprint density at radius 2 is 1.50 bits per heavy atom. The predicted octanol–water partition coefficient (Wildman–Crippen LogP) is 6.29. The maximum Gasteiger partial charge on any atom is 0.600 e. The van der Waals surface area contributed by atoms with Crippen LogP contribution in [0.1, 0.15) is 50.0 Å². The number of thiophene rings is 1. The zero-order valence-corrected chi connectivity index (χ0v) is 16.7. The Balaban J connectivity index is 0.000000300. The SMILES string of the molecule is CC(C)(C)c1ccc2cc(C3CC3)[s+](C(F)(F)F)c2c1.O=S(=O)([O-])C(F)(F)F. The molecule has 3 rings (SSSR count). The van der Waals surface area contributed by atoms with E-state index < -0.39 is 31.6 Å². The highest BCUT2D eigenvalue weighted by Crippen LogP contribution is 2.58. The molecule has 11 heteroatoms. The van der Waals surface area contributed by atoms with E-state index in [-0.39, 0.29) is 11.3 Å². The van der Waals surface area contributed by atoms with Gasteiger partial charge in [-0.15, -0.1) is 13.2 Å². The van der Waals surface area contributed by atoms with Crippen LogP contribution in [-0.2, 0) is 21.0 Å². The van der Waals surface area contributed by atoms with Gasteiger partial charge in [0.1, 0.15) is 0 Å². The van der Waals surface area contributed by atoms with Crippen LogP contribution in [-0.4, -0.2) is 18.5 Å². The summed E-state index contributed by atoms with van der Waals surface area (Å²) in [6, 6.07) is 7.38. The molecule has 1 unspecified atom stereocenters. The Bertz CT molecular complexity index is 962. The van der Waals surface area contributed by atoms with E-state index in [0.717, 1.165) is 23.8 Å². The fourth-order valence-corrected chi connectivity index (χ4v) is 4.74. The summed E-state index contributed by atoms with van der Waals surface area (Å²) in [4.78, 5) is 0.610. The fourth-order valence-electron chi connectivity index (χ4n) is 2.55. The van der Waals surface area contributed by atoms with E-state index in [1.165, 1.54) is 0 Å². The third-order valence-electron chi connectivity index (χ3n) is 4.13. The van der Waals surface area contributed by atoms with Crippen LogP contribution in [0.15, 0.2) is 24.3 Å². The molecule has 0 amide bonds. The smallest absolute Gasteiger partial charge is 0.600 e. The standard InChI is InChI=1S/C16H18F3S.CHF3O3S/c1-15(2,3)12-7-6-11-8-13(10-4-5-10)20(14(11)9-12)16(17,18)19;2-1(3,4)8(5,6)7/h6-10H,4-5H2,1-3H3;(H,5,6,7)/q+1;/p-1. The van der Waals surface area contributed by atoms with Crippen molar-refractivity contribution < 1.29 is 39.3 Å². The second-order valence-electron chi connectivity index (χ2n) is 7.48. The van der Waals surface area contributed by atoms with E-state index in [2.05, 4.69) is 0 Å². The number of hydrogen-bond donors (Lipinski definition) is 0. The molecule has 2 aromatic rings. The third-order valence-corrected chi connectivity index (χ3v) is 6.87. The number of alkyl halides is 6. The van der Waals surface area contributed by atoms with E-state index in [1.807, 2.05) is 32.9 Å². The number of rotatable bonds is 1. The van der Waals surface area contributed by atoms with Crippen LogP contribution >= 0.6 is 10.5 Å². The fraction of sp³-hybridized carbons (Fsp3) is 0.529. The van der Waals surface area contributed by atoms with Gasteiger partial charge >= 0.3 is 11.0 Å². The second-order valence-corrected chi connectivity index (χ2v) is 10.8. The first-order valence-corrected chi connectivity index (χ1v) is 10.8. The summed E-state index contributed by atoms with van der Waals surface area (Å²) in [5.74, 6) is 0.158.